The number of nitrogens with zero attached hydrogens (tertiary/aromatic N) is 6. The van der Waals surface area contributed by atoms with Gasteiger partial charge in [0.2, 0.25) is 5.95 Å². The average Bonchev–Trinajstić information content (AvgIpc) is 3.24. The molecule has 0 saturated carbocycles. The predicted molar refractivity (Wildman–Crippen MR) is 107 cm³/mol. The summed E-state index contributed by atoms with van der Waals surface area (Å²) >= 11 is 0. The van der Waals surface area contributed by atoms with Crippen LogP contribution in [0.5, 0.6) is 0 Å². The number of carbonyl (C=O) groups is 1. The minimum absolute atomic E-state index is 0. The van der Waals surface area contributed by atoms with Gasteiger partial charge in [0, 0.05) is 24.8 Å². The number of carbonyl (C=O) groups excluding carboxylic acids is 1. The smallest absolute Gasteiger partial charge is 0.857 e. The van der Waals surface area contributed by atoms with E-state index < -0.39 is 0 Å². The van der Waals surface area contributed by atoms with Crippen LogP contribution >= 0.6 is 0 Å². The van der Waals surface area contributed by atoms with Crippen molar-refractivity contribution in [2.24, 2.45) is 11.5 Å². The van der Waals surface area contributed by atoms with Gasteiger partial charge >= 0.3 is 35.5 Å². The fourth-order valence-corrected chi connectivity index (χ4v) is 1.44. The predicted octanol–water partition coefficient (Wildman–Crippen LogP) is -4.64. The monoisotopic (exact) mass is 441 g/mol. The third kappa shape index (κ3) is 13.7. The third-order valence-electron chi connectivity index (χ3n) is 2.63. The van der Waals surface area contributed by atoms with Gasteiger partial charge in [-0.1, -0.05) is 0 Å². The van der Waals surface area contributed by atoms with E-state index in [9.17, 15) is 4.79 Å². The zero-order valence-corrected chi connectivity index (χ0v) is 19.5. The molecular weight excluding hydrogens is 417 g/mol. The Balaban J connectivity index is 0. The Morgan fingerprint density at radius 2 is 1.61 bits per heavy atom. The molecule has 0 spiro atoms. The molecule has 0 radical (unpaired) electrons. The number of amidine groups is 1. The number of nitrogens with two attached hydrogens (primary N) is 3. The van der Waals surface area contributed by atoms with Crippen molar-refractivity contribution in [1.82, 2.24) is 35.1 Å². The topological polar surface area (TPSA) is 244 Å². The molecule has 14 nitrogen and oxygen atoms in total. The quantitative estimate of drug-likeness (QED) is 0.111. The van der Waals surface area contributed by atoms with Gasteiger partial charge in [-0.25, -0.2) is 24.7 Å². The summed E-state index contributed by atoms with van der Waals surface area (Å²) in [6.07, 6.45) is 8.92. The van der Waals surface area contributed by atoms with Crippen LogP contribution in [0.3, 0.4) is 0 Å². The van der Waals surface area contributed by atoms with Crippen LogP contribution < -0.4 is 51.9 Å². The summed E-state index contributed by atoms with van der Waals surface area (Å²) in [7, 11) is 0.750. The van der Waals surface area contributed by atoms with Gasteiger partial charge < -0.3 is 27.0 Å². The molecular formula is C16H24N11NaO3. The SMILES string of the molecule is CCOC(=O)c1cncnc1.C[O-].N=C(N)CN.Nc1n[nH]c(-c2cncnc2)n1.[Na+]. The molecule has 0 aromatic carbocycles. The van der Waals surface area contributed by atoms with E-state index in [1.54, 1.807) is 19.3 Å². The number of H-pyrrole nitrogens is 1. The minimum atomic E-state index is -0.381. The normalized spacial score (nSPS) is 8.52. The molecule has 31 heavy (non-hydrogen) atoms. The van der Waals surface area contributed by atoms with Gasteiger partial charge in [0.05, 0.1) is 24.3 Å². The second kappa shape index (κ2) is 19.0. The average molecular weight is 441 g/mol. The fourth-order valence-electron chi connectivity index (χ4n) is 1.44. The number of anilines is 1. The molecule has 0 unspecified atom stereocenters. The van der Waals surface area contributed by atoms with Crippen LogP contribution in [0.15, 0.2) is 37.4 Å². The first kappa shape index (κ1) is 30.2. The molecule has 0 aliphatic rings. The third-order valence-corrected chi connectivity index (χ3v) is 2.63. The Labute approximate surface area is 200 Å². The summed E-state index contributed by atoms with van der Waals surface area (Å²) in [6, 6.07) is 0. The van der Waals surface area contributed by atoms with E-state index in [0.717, 1.165) is 12.7 Å². The first-order valence-electron chi connectivity index (χ1n) is 8.27. The number of nitrogens with one attached hydrogen (secondary N) is 2. The van der Waals surface area contributed by atoms with Crippen molar-refractivity contribution in [3.8, 4) is 11.4 Å². The first-order chi connectivity index (χ1) is 14.5. The van der Waals surface area contributed by atoms with Crippen LogP contribution in [0.2, 0.25) is 0 Å². The summed E-state index contributed by atoms with van der Waals surface area (Å²) in [5, 5.41) is 21.0. The molecule has 15 heteroatoms. The van der Waals surface area contributed by atoms with E-state index in [1.807, 2.05) is 0 Å². The Hall–Kier alpha value is -3.04. The molecule has 0 aliphatic heterocycles. The summed E-state index contributed by atoms with van der Waals surface area (Å²) in [5.41, 5.74) is 16.0. The zero-order valence-electron chi connectivity index (χ0n) is 17.5. The van der Waals surface area contributed by atoms with E-state index >= 15 is 0 Å². The maximum absolute atomic E-state index is 10.9. The van der Waals surface area contributed by atoms with Gasteiger partial charge in [0.15, 0.2) is 5.82 Å². The first-order valence-corrected chi connectivity index (χ1v) is 8.27. The Morgan fingerprint density at radius 3 is 2.00 bits per heavy atom. The fraction of sp³-hybridized carbons (Fsp3) is 0.250. The maximum Gasteiger partial charge on any atom is 1.00 e. The summed E-state index contributed by atoms with van der Waals surface area (Å²) < 4.78 is 4.71. The molecule has 0 aliphatic carbocycles. The van der Waals surface area contributed by atoms with Crippen LogP contribution in [-0.4, -0.2) is 67.2 Å². The van der Waals surface area contributed by atoms with Crippen LogP contribution in [0.4, 0.5) is 5.95 Å². The van der Waals surface area contributed by atoms with Crippen LogP contribution in [0, 0.1) is 5.41 Å². The van der Waals surface area contributed by atoms with E-state index in [-0.39, 0.29) is 53.9 Å². The van der Waals surface area contributed by atoms with Gasteiger partial charge in [-0.05, 0) is 6.92 Å². The maximum atomic E-state index is 10.9. The van der Waals surface area contributed by atoms with Crippen molar-refractivity contribution in [3.05, 3.63) is 43.0 Å². The number of nitrogen functional groups attached to an aromatic ring is 1. The second-order valence-electron chi connectivity index (χ2n) is 4.75. The molecule has 0 fully saturated rings. The number of hydrogen-bond donors (Lipinski definition) is 5. The van der Waals surface area contributed by atoms with Gasteiger partial charge in [-0.3, -0.25) is 10.5 Å². The standard InChI is InChI=1S/C7H8N2O2.C6H6N6.C2H7N3.CH3O.Na/c1-2-11-7(10)6-3-8-5-9-4-6;7-6-10-5(11-12-6)4-1-8-3-9-2-4;3-1-2(4)5;1-2;/h3-5H,2H2,1H3;1-3H,(H3,7,10,11,12);1,3H2,(H3,4,5);1H3;/q;;;-1;+1. The van der Waals surface area contributed by atoms with Crippen molar-refractivity contribution in [2.45, 2.75) is 6.92 Å². The molecule has 0 atom stereocenters. The van der Waals surface area contributed by atoms with Crippen molar-refractivity contribution in [3.63, 3.8) is 0 Å². The Bertz CT molecular complexity index is 850. The van der Waals surface area contributed by atoms with E-state index in [1.165, 1.54) is 25.0 Å². The number of ether oxygens (including phenoxy) is 1. The molecule has 162 valence electrons. The van der Waals surface area contributed by atoms with E-state index in [4.69, 9.17) is 32.5 Å². The van der Waals surface area contributed by atoms with Gasteiger partial charge in [0.1, 0.15) is 18.5 Å². The molecule has 3 heterocycles. The molecule has 3 aromatic heterocycles. The summed E-state index contributed by atoms with van der Waals surface area (Å²) in [4.78, 5) is 29.9. The van der Waals surface area contributed by atoms with Gasteiger partial charge in [-0.2, -0.15) is 12.1 Å². The van der Waals surface area contributed by atoms with Crippen molar-refractivity contribution in [1.29, 1.82) is 5.41 Å². The molecule has 8 N–H and O–H groups in total. The largest absolute Gasteiger partial charge is 1.00 e. The van der Waals surface area contributed by atoms with Gasteiger partial charge in [-0.15, -0.1) is 5.10 Å². The van der Waals surface area contributed by atoms with Crippen LogP contribution in [0.25, 0.3) is 11.4 Å². The number of aromatic amines is 1. The number of hydrogen-bond acceptors (Lipinski definition) is 12. The molecule has 0 amide bonds. The van der Waals surface area contributed by atoms with Crippen molar-refractivity contribution in [2.75, 3.05) is 26.0 Å². The van der Waals surface area contributed by atoms with Crippen LogP contribution in [-0.2, 0) is 4.74 Å². The summed E-state index contributed by atoms with van der Waals surface area (Å²) in [5.74, 6) is 0.444. The number of aromatic nitrogens is 7. The number of rotatable bonds is 4. The summed E-state index contributed by atoms with van der Waals surface area (Å²) in [6.45, 7) is 2.29. The van der Waals surface area contributed by atoms with Crippen molar-refractivity contribution >= 4 is 17.8 Å². The van der Waals surface area contributed by atoms with E-state index in [2.05, 4.69) is 35.1 Å². The van der Waals surface area contributed by atoms with Crippen LogP contribution in [0.1, 0.15) is 17.3 Å². The second-order valence-corrected chi connectivity index (χ2v) is 4.75. The molecule has 3 rings (SSSR count). The van der Waals surface area contributed by atoms with E-state index in [0.29, 0.717) is 18.0 Å². The molecule has 0 saturated heterocycles. The zero-order chi connectivity index (χ0) is 22.8. The van der Waals surface area contributed by atoms with Gasteiger partial charge in [0.25, 0.3) is 0 Å². The Kier molecular flexibility index (Phi) is 18.4. The molecule has 0 bridgehead atoms. The number of esters is 1. The molecule has 3 aromatic rings. The minimum Gasteiger partial charge on any atom is -0.857 e. The Morgan fingerprint density at radius 1 is 1.13 bits per heavy atom. The van der Waals surface area contributed by atoms with Crippen molar-refractivity contribution < 1.29 is 44.2 Å².